The molecule has 1 aliphatic heterocycles. The summed E-state index contributed by atoms with van der Waals surface area (Å²) < 4.78 is 15.5. The molecule has 0 fully saturated rings. The number of hydrogen-bond donors (Lipinski definition) is 0. The van der Waals surface area contributed by atoms with Crippen LogP contribution in [0.2, 0.25) is 0 Å². The molecule has 4 heteroatoms. The number of esters is 1. The van der Waals surface area contributed by atoms with Gasteiger partial charge in [-0.1, -0.05) is 12.7 Å². The summed E-state index contributed by atoms with van der Waals surface area (Å²) in [4.78, 5) is 11.5. The van der Waals surface area contributed by atoms with Crippen molar-refractivity contribution in [3.8, 4) is 11.5 Å². The first-order chi connectivity index (χ1) is 7.76. The molecule has 0 unspecified atom stereocenters. The predicted molar refractivity (Wildman–Crippen MR) is 57.8 cm³/mol. The van der Waals surface area contributed by atoms with Crippen LogP contribution in [0.1, 0.15) is 15.9 Å². The first-order valence-electron chi connectivity index (χ1n) is 4.88. The van der Waals surface area contributed by atoms with E-state index in [1.165, 1.54) is 0 Å². The summed E-state index contributed by atoms with van der Waals surface area (Å²) in [5.41, 5.74) is 1.28. The zero-order valence-corrected chi connectivity index (χ0v) is 8.99. The van der Waals surface area contributed by atoms with E-state index in [1.54, 1.807) is 25.3 Å². The Morgan fingerprint density at radius 3 is 3.06 bits per heavy atom. The summed E-state index contributed by atoms with van der Waals surface area (Å²) in [7, 11) is 1.57. The van der Waals surface area contributed by atoms with E-state index in [0.29, 0.717) is 23.7 Å². The van der Waals surface area contributed by atoms with Gasteiger partial charge in [0, 0.05) is 11.6 Å². The van der Waals surface area contributed by atoms with Crippen molar-refractivity contribution in [2.45, 2.75) is 6.61 Å². The average molecular weight is 220 g/mol. The molecule has 84 valence electrons. The van der Waals surface area contributed by atoms with Gasteiger partial charge in [-0.25, -0.2) is 4.79 Å². The van der Waals surface area contributed by atoms with Crippen molar-refractivity contribution in [2.24, 2.45) is 0 Å². The van der Waals surface area contributed by atoms with Gasteiger partial charge in [-0.15, -0.1) is 0 Å². The minimum Gasteiger partial charge on any atom is -0.497 e. The molecule has 16 heavy (non-hydrogen) atoms. The molecule has 0 saturated carbocycles. The normalized spacial score (nSPS) is 12.9. The lowest BCUT2D eigenvalue weighted by molar-refractivity contribution is 0.0532. The first kappa shape index (κ1) is 10.5. The minimum atomic E-state index is -0.350. The lowest BCUT2D eigenvalue weighted by Crippen LogP contribution is -2.02. The lowest BCUT2D eigenvalue weighted by Gasteiger charge is -2.09. The number of carbonyl (C=O) groups is 1. The molecule has 4 nitrogen and oxygen atoms in total. The molecule has 1 heterocycles. The third-order valence-corrected chi connectivity index (χ3v) is 2.31. The van der Waals surface area contributed by atoms with Gasteiger partial charge < -0.3 is 14.2 Å². The Hall–Kier alpha value is -1.97. The number of cyclic esters (lactones) is 1. The molecule has 0 radical (unpaired) electrons. The zero-order chi connectivity index (χ0) is 11.5. The fraction of sp³-hybridized carbons (Fsp3) is 0.250. The molecule has 1 aliphatic rings. The number of ether oxygens (including phenoxy) is 3. The summed E-state index contributed by atoms with van der Waals surface area (Å²) in [6, 6.07) is 3.45. The Labute approximate surface area is 93.4 Å². The molecule has 0 aromatic heterocycles. The van der Waals surface area contributed by atoms with Crippen molar-refractivity contribution < 1.29 is 19.0 Å². The second-order valence-electron chi connectivity index (χ2n) is 3.34. The predicted octanol–water partition coefficient (Wildman–Crippen LogP) is 1.93. The summed E-state index contributed by atoms with van der Waals surface area (Å²) in [6.07, 6.45) is 1.62. The number of rotatable bonds is 4. The van der Waals surface area contributed by atoms with Crippen molar-refractivity contribution in [1.82, 2.24) is 0 Å². The molecule has 1 aromatic carbocycles. The fourth-order valence-electron chi connectivity index (χ4n) is 1.59. The molecule has 0 atom stereocenters. The molecule has 2 rings (SSSR count). The van der Waals surface area contributed by atoms with Crippen molar-refractivity contribution in [3.63, 3.8) is 0 Å². The zero-order valence-electron chi connectivity index (χ0n) is 8.99. The van der Waals surface area contributed by atoms with Gasteiger partial charge in [-0.3, -0.25) is 0 Å². The summed E-state index contributed by atoms with van der Waals surface area (Å²) in [5.74, 6) is 0.782. The lowest BCUT2D eigenvalue weighted by atomic mass is 10.1. The van der Waals surface area contributed by atoms with Crippen LogP contribution in [0, 0.1) is 0 Å². The third kappa shape index (κ3) is 1.74. The van der Waals surface area contributed by atoms with Gasteiger partial charge in [0.05, 0.1) is 7.11 Å². The molecule has 0 amide bonds. The van der Waals surface area contributed by atoms with E-state index in [1.807, 2.05) is 0 Å². The van der Waals surface area contributed by atoms with Crippen LogP contribution < -0.4 is 9.47 Å². The highest BCUT2D eigenvalue weighted by atomic mass is 16.5. The van der Waals surface area contributed by atoms with E-state index in [9.17, 15) is 4.79 Å². The largest absolute Gasteiger partial charge is 0.497 e. The van der Waals surface area contributed by atoms with Gasteiger partial charge in [0.25, 0.3) is 0 Å². The molecule has 0 N–H and O–H groups in total. The highest BCUT2D eigenvalue weighted by molar-refractivity contribution is 5.96. The third-order valence-electron chi connectivity index (χ3n) is 2.31. The summed E-state index contributed by atoms with van der Waals surface area (Å²) in [6.45, 7) is 4.17. The molecule has 0 spiro atoms. The maximum atomic E-state index is 11.5. The quantitative estimate of drug-likeness (QED) is 0.574. The Balaban J connectivity index is 2.43. The SMILES string of the molecule is C=CCOc1cc(OC)cc2c1C(=O)OC2. The van der Waals surface area contributed by atoms with Crippen LogP contribution >= 0.6 is 0 Å². The van der Waals surface area contributed by atoms with Crippen LogP contribution in [0.3, 0.4) is 0 Å². The summed E-state index contributed by atoms with van der Waals surface area (Å²) >= 11 is 0. The average Bonchev–Trinajstić information content (AvgIpc) is 2.68. The minimum absolute atomic E-state index is 0.274. The van der Waals surface area contributed by atoms with Crippen molar-refractivity contribution in [2.75, 3.05) is 13.7 Å². The van der Waals surface area contributed by atoms with Crippen LogP contribution in [-0.2, 0) is 11.3 Å². The van der Waals surface area contributed by atoms with Crippen molar-refractivity contribution in [1.29, 1.82) is 0 Å². The fourth-order valence-corrected chi connectivity index (χ4v) is 1.59. The Morgan fingerprint density at radius 1 is 1.56 bits per heavy atom. The topological polar surface area (TPSA) is 44.8 Å². The van der Waals surface area contributed by atoms with Crippen molar-refractivity contribution >= 4 is 5.97 Å². The Bertz CT molecular complexity index is 437. The standard InChI is InChI=1S/C12H12O4/c1-3-4-15-10-6-9(14-2)5-8-7-16-12(13)11(8)10/h3,5-6H,1,4,7H2,2H3. The summed E-state index contributed by atoms with van der Waals surface area (Å²) in [5, 5.41) is 0. The van der Waals surface area contributed by atoms with Crippen LogP contribution in [0.5, 0.6) is 11.5 Å². The second kappa shape index (κ2) is 4.26. The molecule has 0 bridgehead atoms. The molecular formula is C12H12O4. The van der Waals surface area contributed by atoms with Gasteiger partial charge in [0.15, 0.2) is 0 Å². The van der Waals surface area contributed by atoms with E-state index in [-0.39, 0.29) is 12.6 Å². The van der Waals surface area contributed by atoms with E-state index in [2.05, 4.69) is 6.58 Å². The van der Waals surface area contributed by atoms with Gasteiger partial charge in [0.1, 0.15) is 30.3 Å². The van der Waals surface area contributed by atoms with Gasteiger partial charge in [-0.2, -0.15) is 0 Å². The Kier molecular flexibility index (Phi) is 2.81. The van der Waals surface area contributed by atoms with Crippen LogP contribution in [0.4, 0.5) is 0 Å². The van der Waals surface area contributed by atoms with Crippen LogP contribution in [0.25, 0.3) is 0 Å². The maximum absolute atomic E-state index is 11.5. The number of methoxy groups -OCH3 is 1. The Morgan fingerprint density at radius 2 is 2.38 bits per heavy atom. The number of hydrogen-bond acceptors (Lipinski definition) is 4. The van der Waals surface area contributed by atoms with Gasteiger partial charge in [0.2, 0.25) is 0 Å². The van der Waals surface area contributed by atoms with E-state index in [0.717, 1.165) is 5.56 Å². The molecule has 0 aliphatic carbocycles. The molecular weight excluding hydrogens is 208 g/mol. The monoisotopic (exact) mass is 220 g/mol. The van der Waals surface area contributed by atoms with Gasteiger partial charge in [-0.05, 0) is 6.07 Å². The number of benzene rings is 1. The highest BCUT2D eigenvalue weighted by Gasteiger charge is 2.26. The number of fused-ring (bicyclic) bond motifs is 1. The maximum Gasteiger partial charge on any atom is 0.342 e. The van der Waals surface area contributed by atoms with E-state index in [4.69, 9.17) is 14.2 Å². The van der Waals surface area contributed by atoms with Crippen molar-refractivity contribution in [3.05, 3.63) is 35.9 Å². The van der Waals surface area contributed by atoms with E-state index < -0.39 is 0 Å². The van der Waals surface area contributed by atoms with Crippen LogP contribution in [-0.4, -0.2) is 19.7 Å². The highest BCUT2D eigenvalue weighted by Crippen LogP contribution is 2.33. The smallest absolute Gasteiger partial charge is 0.342 e. The van der Waals surface area contributed by atoms with Crippen LogP contribution in [0.15, 0.2) is 24.8 Å². The number of carbonyl (C=O) groups excluding carboxylic acids is 1. The first-order valence-corrected chi connectivity index (χ1v) is 4.88. The molecule has 0 saturated heterocycles. The van der Waals surface area contributed by atoms with E-state index >= 15 is 0 Å². The molecule has 1 aromatic rings. The van der Waals surface area contributed by atoms with Gasteiger partial charge >= 0.3 is 5.97 Å². The second-order valence-corrected chi connectivity index (χ2v) is 3.34.